The van der Waals surface area contributed by atoms with Crippen molar-refractivity contribution in [3.63, 3.8) is 0 Å². The standard InChI is InChI=1S/C11H16N6OS/c1-8-14-9(7-19-8)2-4-13-11(18)10-6-17(5-3-12)16-15-10/h6-7H,2-5,12H2,1H3,(H,13,18). The number of hydrogen-bond acceptors (Lipinski definition) is 6. The third-order valence-corrected chi connectivity index (χ3v) is 3.29. The van der Waals surface area contributed by atoms with Crippen molar-refractivity contribution in [2.45, 2.75) is 19.9 Å². The van der Waals surface area contributed by atoms with Gasteiger partial charge in [-0.1, -0.05) is 5.21 Å². The van der Waals surface area contributed by atoms with Gasteiger partial charge in [0.1, 0.15) is 0 Å². The molecular formula is C11H16N6OS. The molecule has 8 heteroatoms. The van der Waals surface area contributed by atoms with Crippen molar-refractivity contribution in [3.8, 4) is 0 Å². The zero-order valence-electron chi connectivity index (χ0n) is 10.7. The first-order valence-electron chi connectivity index (χ1n) is 5.98. The SMILES string of the molecule is Cc1nc(CCNC(=O)c2cn(CCN)nn2)cs1. The van der Waals surface area contributed by atoms with E-state index in [1.807, 2.05) is 12.3 Å². The molecule has 0 aliphatic heterocycles. The maximum atomic E-state index is 11.8. The number of nitrogens with two attached hydrogens (primary N) is 1. The number of hydrogen-bond donors (Lipinski definition) is 2. The van der Waals surface area contributed by atoms with Crippen LogP contribution in [0, 0.1) is 6.92 Å². The summed E-state index contributed by atoms with van der Waals surface area (Å²) >= 11 is 1.61. The number of aryl methyl sites for hydroxylation is 1. The molecule has 2 aromatic heterocycles. The predicted molar refractivity (Wildman–Crippen MR) is 72.0 cm³/mol. The maximum absolute atomic E-state index is 11.8. The molecule has 0 spiro atoms. The molecule has 0 aliphatic rings. The predicted octanol–water partition coefficient (Wildman–Crippen LogP) is -0.0258. The summed E-state index contributed by atoms with van der Waals surface area (Å²) in [6, 6.07) is 0. The highest BCUT2D eigenvalue weighted by atomic mass is 32.1. The Morgan fingerprint density at radius 3 is 3.11 bits per heavy atom. The second kappa shape index (κ2) is 6.39. The van der Waals surface area contributed by atoms with E-state index in [-0.39, 0.29) is 5.91 Å². The number of nitrogens with one attached hydrogen (secondary N) is 1. The molecular weight excluding hydrogens is 264 g/mol. The maximum Gasteiger partial charge on any atom is 0.273 e. The van der Waals surface area contributed by atoms with Crippen LogP contribution in [0.5, 0.6) is 0 Å². The molecule has 0 bridgehead atoms. The summed E-state index contributed by atoms with van der Waals surface area (Å²) in [7, 11) is 0. The molecule has 0 saturated heterocycles. The highest BCUT2D eigenvalue weighted by Crippen LogP contribution is 2.07. The van der Waals surface area contributed by atoms with Crippen LogP contribution in [0.15, 0.2) is 11.6 Å². The number of aromatic nitrogens is 4. The lowest BCUT2D eigenvalue weighted by Crippen LogP contribution is -2.26. The van der Waals surface area contributed by atoms with Gasteiger partial charge in [-0.2, -0.15) is 0 Å². The Morgan fingerprint density at radius 2 is 2.42 bits per heavy atom. The van der Waals surface area contributed by atoms with E-state index < -0.39 is 0 Å². The summed E-state index contributed by atoms with van der Waals surface area (Å²) in [5.74, 6) is -0.227. The van der Waals surface area contributed by atoms with Crippen molar-refractivity contribution in [1.82, 2.24) is 25.3 Å². The Labute approximate surface area is 114 Å². The smallest absolute Gasteiger partial charge is 0.273 e. The van der Waals surface area contributed by atoms with Crippen LogP contribution in [0.2, 0.25) is 0 Å². The summed E-state index contributed by atoms with van der Waals surface area (Å²) in [5.41, 5.74) is 6.70. The van der Waals surface area contributed by atoms with Gasteiger partial charge in [0, 0.05) is 24.9 Å². The van der Waals surface area contributed by atoms with E-state index in [9.17, 15) is 4.79 Å². The monoisotopic (exact) mass is 280 g/mol. The number of nitrogens with zero attached hydrogens (tertiary/aromatic N) is 4. The van der Waals surface area contributed by atoms with Crippen molar-refractivity contribution < 1.29 is 4.79 Å². The molecule has 0 atom stereocenters. The lowest BCUT2D eigenvalue weighted by Gasteiger charge is -2.00. The van der Waals surface area contributed by atoms with Gasteiger partial charge in [0.15, 0.2) is 5.69 Å². The molecule has 0 fully saturated rings. The van der Waals surface area contributed by atoms with Crippen molar-refractivity contribution >= 4 is 17.2 Å². The average Bonchev–Trinajstić information content (AvgIpc) is 2.99. The molecule has 0 radical (unpaired) electrons. The normalized spacial score (nSPS) is 10.6. The third kappa shape index (κ3) is 3.83. The molecule has 1 amide bonds. The van der Waals surface area contributed by atoms with Gasteiger partial charge < -0.3 is 11.1 Å². The summed E-state index contributed by atoms with van der Waals surface area (Å²) in [6.07, 6.45) is 2.31. The Hall–Kier alpha value is -1.80. The van der Waals surface area contributed by atoms with Crippen LogP contribution < -0.4 is 11.1 Å². The number of rotatable bonds is 6. The number of amides is 1. The fourth-order valence-corrected chi connectivity index (χ4v) is 2.21. The lowest BCUT2D eigenvalue weighted by molar-refractivity contribution is 0.0949. The van der Waals surface area contributed by atoms with E-state index >= 15 is 0 Å². The lowest BCUT2D eigenvalue weighted by atomic mass is 10.3. The minimum atomic E-state index is -0.227. The van der Waals surface area contributed by atoms with E-state index in [0.717, 1.165) is 10.7 Å². The van der Waals surface area contributed by atoms with Gasteiger partial charge >= 0.3 is 0 Å². The summed E-state index contributed by atoms with van der Waals surface area (Å²) < 4.78 is 1.55. The fraction of sp³-hybridized carbons (Fsp3) is 0.455. The molecule has 2 aromatic rings. The van der Waals surface area contributed by atoms with Crippen LogP contribution in [0.25, 0.3) is 0 Å². The van der Waals surface area contributed by atoms with E-state index in [4.69, 9.17) is 5.73 Å². The van der Waals surface area contributed by atoms with Gasteiger partial charge in [-0.25, -0.2) is 4.98 Å². The van der Waals surface area contributed by atoms with Crippen molar-refractivity contribution in [2.75, 3.05) is 13.1 Å². The Balaban J connectivity index is 1.80. The second-order valence-corrected chi connectivity index (χ2v) is 5.08. The molecule has 2 rings (SSSR count). The van der Waals surface area contributed by atoms with Gasteiger partial charge in [0.2, 0.25) is 0 Å². The minimum Gasteiger partial charge on any atom is -0.350 e. The van der Waals surface area contributed by atoms with E-state index in [1.54, 1.807) is 22.2 Å². The van der Waals surface area contributed by atoms with E-state index in [0.29, 0.717) is 31.7 Å². The largest absolute Gasteiger partial charge is 0.350 e. The van der Waals surface area contributed by atoms with Gasteiger partial charge in [-0.15, -0.1) is 16.4 Å². The summed E-state index contributed by atoms with van der Waals surface area (Å²) in [6.45, 7) is 3.51. The van der Waals surface area contributed by atoms with Gasteiger partial charge in [-0.3, -0.25) is 9.48 Å². The molecule has 0 saturated carbocycles. The van der Waals surface area contributed by atoms with Crippen LogP contribution in [0.3, 0.4) is 0 Å². The molecule has 0 aromatic carbocycles. The summed E-state index contributed by atoms with van der Waals surface area (Å²) in [5, 5.41) is 13.4. The molecule has 19 heavy (non-hydrogen) atoms. The van der Waals surface area contributed by atoms with Crippen LogP contribution in [0.1, 0.15) is 21.2 Å². The number of carbonyl (C=O) groups excluding carboxylic acids is 1. The molecule has 102 valence electrons. The summed E-state index contributed by atoms with van der Waals surface area (Å²) in [4.78, 5) is 16.1. The number of carbonyl (C=O) groups is 1. The highest BCUT2D eigenvalue weighted by Gasteiger charge is 2.10. The van der Waals surface area contributed by atoms with Gasteiger partial charge in [0.05, 0.1) is 23.4 Å². The Bertz CT molecular complexity index is 549. The van der Waals surface area contributed by atoms with Crippen LogP contribution in [-0.2, 0) is 13.0 Å². The topological polar surface area (TPSA) is 98.7 Å². The first-order valence-corrected chi connectivity index (χ1v) is 6.86. The Kier molecular flexibility index (Phi) is 4.58. The van der Waals surface area contributed by atoms with Gasteiger partial charge in [0.25, 0.3) is 5.91 Å². The quantitative estimate of drug-likeness (QED) is 0.774. The average molecular weight is 280 g/mol. The third-order valence-electron chi connectivity index (χ3n) is 2.46. The van der Waals surface area contributed by atoms with Crippen molar-refractivity contribution in [3.05, 3.63) is 28.0 Å². The van der Waals surface area contributed by atoms with Crippen LogP contribution >= 0.6 is 11.3 Å². The minimum absolute atomic E-state index is 0.227. The van der Waals surface area contributed by atoms with Crippen LogP contribution in [0.4, 0.5) is 0 Å². The number of thiazole rings is 1. The first kappa shape index (κ1) is 13.6. The highest BCUT2D eigenvalue weighted by molar-refractivity contribution is 7.09. The zero-order chi connectivity index (χ0) is 13.7. The van der Waals surface area contributed by atoms with Crippen molar-refractivity contribution in [2.24, 2.45) is 5.73 Å². The van der Waals surface area contributed by atoms with E-state index in [2.05, 4.69) is 20.6 Å². The molecule has 7 nitrogen and oxygen atoms in total. The molecule has 3 N–H and O–H groups in total. The molecule has 0 unspecified atom stereocenters. The zero-order valence-corrected chi connectivity index (χ0v) is 11.5. The first-order chi connectivity index (χ1) is 9.19. The van der Waals surface area contributed by atoms with Gasteiger partial charge in [-0.05, 0) is 6.92 Å². The second-order valence-electron chi connectivity index (χ2n) is 4.02. The molecule has 2 heterocycles. The Morgan fingerprint density at radius 1 is 1.58 bits per heavy atom. The molecule has 0 aliphatic carbocycles. The van der Waals surface area contributed by atoms with E-state index in [1.165, 1.54) is 0 Å². The van der Waals surface area contributed by atoms with Crippen LogP contribution in [-0.4, -0.2) is 39.0 Å². The van der Waals surface area contributed by atoms with Crippen molar-refractivity contribution in [1.29, 1.82) is 0 Å². The fourth-order valence-electron chi connectivity index (χ4n) is 1.56.